The van der Waals surface area contributed by atoms with E-state index in [9.17, 15) is 4.79 Å². The SMILES string of the molecule is CN(c1cnc2cnn(CC=O)c2n1)C1CCC1. The molecule has 2 aromatic rings. The molecular formula is C12H15N5O. The Bertz CT molecular complexity index is 575. The molecule has 3 rings (SSSR count). The number of hydrogen-bond donors (Lipinski definition) is 0. The van der Waals surface area contributed by atoms with Crippen LogP contribution in [-0.4, -0.2) is 39.1 Å². The Morgan fingerprint density at radius 1 is 1.50 bits per heavy atom. The van der Waals surface area contributed by atoms with E-state index >= 15 is 0 Å². The van der Waals surface area contributed by atoms with E-state index in [1.165, 1.54) is 19.3 Å². The van der Waals surface area contributed by atoms with Crippen LogP contribution in [0.3, 0.4) is 0 Å². The molecule has 0 amide bonds. The molecule has 6 nitrogen and oxygen atoms in total. The number of rotatable bonds is 4. The summed E-state index contributed by atoms with van der Waals surface area (Å²) in [5, 5.41) is 4.11. The number of anilines is 1. The number of carbonyl (C=O) groups is 1. The third kappa shape index (κ3) is 1.73. The first kappa shape index (κ1) is 11.1. The van der Waals surface area contributed by atoms with Crippen molar-refractivity contribution in [3.8, 4) is 0 Å². The summed E-state index contributed by atoms with van der Waals surface area (Å²) in [6, 6.07) is 0.569. The van der Waals surface area contributed by atoms with Crippen LogP contribution in [0.5, 0.6) is 0 Å². The van der Waals surface area contributed by atoms with Crippen molar-refractivity contribution in [2.24, 2.45) is 0 Å². The van der Waals surface area contributed by atoms with E-state index in [0.29, 0.717) is 11.7 Å². The van der Waals surface area contributed by atoms with Crippen molar-refractivity contribution in [1.29, 1.82) is 0 Å². The Kier molecular flexibility index (Phi) is 2.70. The number of carbonyl (C=O) groups excluding carboxylic acids is 1. The zero-order valence-corrected chi connectivity index (χ0v) is 10.3. The zero-order valence-electron chi connectivity index (χ0n) is 10.3. The van der Waals surface area contributed by atoms with Crippen molar-refractivity contribution in [1.82, 2.24) is 19.7 Å². The van der Waals surface area contributed by atoms with E-state index in [-0.39, 0.29) is 6.54 Å². The van der Waals surface area contributed by atoms with Gasteiger partial charge in [-0.2, -0.15) is 5.10 Å². The highest BCUT2D eigenvalue weighted by Gasteiger charge is 2.23. The fraction of sp³-hybridized carbons (Fsp3) is 0.500. The van der Waals surface area contributed by atoms with Gasteiger partial charge in [0.25, 0.3) is 0 Å². The molecule has 6 heteroatoms. The lowest BCUT2D eigenvalue weighted by Crippen LogP contribution is -2.37. The Hall–Kier alpha value is -1.98. The molecule has 18 heavy (non-hydrogen) atoms. The van der Waals surface area contributed by atoms with Gasteiger partial charge in [0.2, 0.25) is 0 Å². The fourth-order valence-corrected chi connectivity index (χ4v) is 2.17. The molecule has 0 N–H and O–H groups in total. The molecule has 0 atom stereocenters. The minimum atomic E-state index is 0.217. The molecule has 0 radical (unpaired) electrons. The summed E-state index contributed by atoms with van der Waals surface area (Å²) in [5.74, 6) is 0.847. The molecular weight excluding hydrogens is 230 g/mol. The van der Waals surface area contributed by atoms with Crippen LogP contribution in [0.4, 0.5) is 5.82 Å². The molecule has 1 aliphatic rings. The van der Waals surface area contributed by atoms with Gasteiger partial charge < -0.3 is 9.69 Å². The quantitative estimate of drug-likeness (QED) is 0.752. The fourth-order valence-electron chi connectivity index (χ4n) is 2.17. The van der Waals surface area contributed by atoms with Gasteiger partial charge in [-0.3, -0.25) is 0 Å². The van der Waals surface area contributed by atoms with Crippen molar-refractivity contribution >= 4 is 23.3 Å². The van der Waals surface area contributed by atoms with Crippen molar-refractivity contribution in [3.05, 3.63) is 12.4 Å². The molecule has 1 fully saturated rings. The van der Waals surface area contributed by atoms with E-state index in [1.807, 2.05) is 7.05 Å². The molecule has 0 saturated heterocycles. The third-order valence-corrected chi connectivity index (χ3v) is 3.56. The maximum Gasteiger partial charge on any atom is 0.179 e. The summed E-state index contributed by atoms with van der Waals surface area (Å²) < 4.78 is 1.58. The number of fused-ring (bicyclic) bond motifs is 1. The molecule has 0 aromatic carbocycles. The Morgan fingerprint density at radius 3 is 3.00 bits per heavy atom. The van der Waals surface area contributed by atoms with Crippen LogP contribution in [0.2, 0.25) is 0 Å². The Balaban J connectivity index is 1.97. The summed E-state index contributed by atoms with van der Waals surface area (Å²) in [6.07, 6.45) is 7.93. The standard InChI is InChI=1S/C12H15N5O/c1-16(9-3-2-4-9)11-8-13-10-7-14-17(5-6-18)12(10)15-11/h6-9H,2-5H2,1H3. The molecule has 1 aliphatic carbocycles. The predicted molar refractivity (Wildman–Crippen MR) is 67.4 cm³/mol. The van der Waals surface area contributed by atoms with Gasteiger partial charge in [-0.25, -0.2) is 14.6 Å². The Labute approximate surface area is 105 Å². The van der Waals surface area contributed by atoms with Gasteiger partial charge in [0.05, 0.1) is 18.9 Å². The first-order chi connectivity index (χ1) is 8.79. The number of nitrogens with zero attached hydrogens (tertiary/aromatic N) is 5. The number of aldehydes is 1. The van der Waals surface area contributed by atoms with Gasteiger partial charge >= 0.3 is 0 Å². The normalized spacial score (nSPS) is 15.6. The lowest BCUT2D eigenvalue weighted by Gasteiger charge is -2.35. The summed E-state index contributed by atoms with van der Waals surface area (Å²) in [5.41, 5.74) is 1.40. The van der Waals surface area contributed by atoms with Gasteiger partial charge in [-0.15, -0.1) is 0 Å². The van der Waals surface area contributed by atoms with Crippen molar-refractivity contribution in [2.45, 2.75) is 31.8 Å². The van der Waals surface area contributed by atoms with Gasteiger partial charge in [0, 0.05) is 13.1 Å². The minimum absolute atomic E-state index is 0.217. The highest BCUT2D eigenvalue weighted by Crippen LogP contribution is 2.27. The van der Waals surface area contributed by atoms with Crippen molar-refractivity contribution in [2.75, 3.05) is 11.9 Å². The van der Waals surface area contributed by atoms with Crippen LogP contribution in [0, 0.1) is 0 Å². The van der Waals surface area contributed by atoms with Crippen LogP contribution >= 0.6 is 0 Å². The summed E-state index contributed by atoms with van der Waals surface area (Å²) >= 11 is 0. The lowest BCUT2D eigenvalue weighted by atomic mass is 9.92. The van der Waals surface area contributed by atoms with E-state index < -0.39 is 0 Å². The maximum atomic E-state index is 10.6. The molecule has 2 heterocycles. The predicted octanol–water partition coefficient (Wildman–Crippen LogP) is 1.01. The second-order valence-electron chi connectivity index (χ2n) is 4.63. The molecule has 1 saturated carbocycles. The summed E-state index contributed by atoms with van der Waals surface area (Å²) in [7, 11) is 2.04. The van der Waals surface area contributed by atoms with Crippen LogP contribution < -0.4 is 4.90 Å². The van der Waals surface area contributed by atoms with Gasteiger partial charge in [-0.1, -0.05) is 0 Å². The first-order valence-electron chi connectivity index (χ1n) is 6.14. The Morgan fingerprint density at radius 2 is 2.33 bits per heavy atom. The molecule has 94 valence electrons. The van der Waals surface area contributed by atoms with E-state index in [0.717, 1.165) is 17.6 Å². The first-order valence-corrected chi connectivity index (χ1v) is 6.14. The van der Waals surface area contributed by atoms with E-state index in [1.54, 1.807) is 17.1 Å². The largest absolute Gasteiger partial charge is 0.355 e. The minimum Gasteiger partial charge on any atom is -0.355 e. The molecule has 0 spiro atoms. The average Bonchev–Trinajstić information content (AvgIpc) is 2.70. The second kappa shape index (κ2) is 4.36. The highest BCUT2D eigenvalue weighted by molar-refractivity contribution is 5.72. The van der Waals surface area contributed by atoms with Gasteiger partial charge in [-0.05, 0) is 19.3 Å². The average molecular weight is 245 g/mol. The summed E-state index contributed by atoms with van der Waals surface area (Å²) in [4.78, 5) is 21.6. The number of hydrogen-bond acceptors (Lipinski definition) is 5. The maximum absolute atomic E-state index is 10.6. The van der Waals surface area contributed by atoms with Crippen molar-refractivity contribution < 1.29 is 4.79 Å². The van der Waals surface area contributed by atoms with Gasteiger partial charge in [0.1, 0.15) is 17.6 Å². The topological polar surface area (TPSA) is 63.9 Å². The highest BCUT2D eigenvalue weighted by atomic mass is 16.1. The second-order valence-corrected chi connectivity index (χ2v) is 4.63. The molecule has 0 unspecified atom stereocenters. The van der Waals surface area contributed by atoms with Gasteiger partial charge in [0.15, 0.2) is 5.65 Å². The zero-order chi connectivity index (χ0) is 12.5. The monoisotopic (exact) mass is 245 g/mol. The van der Waals surface area contributed by atoms with Crippen molar-refractivity contribution in [3.63, 3.8) is 0 Å². The lowest BCUT2D eigenvalue weighted by molar-refractivity contribution is -0.108. The van der Waals surface area contributed by atoms with E-state index in [4.69, 9.17) is 0 Å². The number of aromatic nitrogens is 4. The smallest absolute Gasteiger partial charge is 0.179 e. The van der Waals surface area contributed by atoms with Crippen LogP contribution in [0.15, 0.2) is 12.4 Å². The van der Waals surface area contributed by atoms with Crippen LogP contribution in [0.1, 0.15) is 19.3 Å². The molecule has 2 aromatic heterocycles. The van der Waals surface area contributed by atoms with E-state index in [2.05, 4.69) is 20.0 Å². The van der Waals surface area contributed by atoms with Crippen LogP contribution in [0.25, 0.3) is 11.2 Å². The molecule has 0 aliphatic heterocycles. The van der Waals surface area contributed by atoms with Crippen LogP contribution in [-0.2, 0) is 11.3 Å². The summed E-state index contributed by atoms with van der Waals surface area (Å²) in [6.45, 7) is 0.217. The molecule has 0 bridgehead atoms. The third-order valence-electron chi connectivity index (χ3n) is 3.56.